The van der Waals surface area contributed by atoms with Crippen molar-refractivity contribution in [3.8, 4) is 5.75 Å². The third-order valence-corrected chi connectivity index (χ3v) is 4.08. The largest absolute Gasteiger partial charge is 0.497 e. The third-order valence-electron chi connectivity index (χ3n) is 2.61. The first kappa shape index (κ1) is 16.5. The zero-order valence-electron chi connectivity index (χ0n) is 10.9. The number of hydrogen-bond donors (Lipinski definition) is 1. The van der Waals surface area contributed by atoms with Gasteiger partial charge in [-0.05, 0) is 40.5 Å². The highest BCUT2D eigenvalue weighted by atomic mass is 79.9. The number of rotatable bonds is 7. The quantitative estimate of drug-likeness (QED) is 0.723. The minimum atomic E-state index is -0.133. The Morgan fingerprint density at radius 1 is 1.42 bits per heavy atom. The first-order valence-corrected chi connectivity index (χ1v) is 7.73. The van der Waals surface area contributed by atoms with Crippen molar-refractivity contribution in [1.82, 2.24) is 5.32 Å². The first-order valence-electron chi connectivity index (χ1n) is 5.81. The van der Waals surface area contributed by atoms with Gasteiger partial charge in [-0.15, -0.1) is 0 Å². The molecule has 1 aromatic carbocycles. The molecule has 0 heterocycles. The normalized spacial score (nSPS) is 12.0. The van der Waals surface area contributed by atoms with Crippen molar-refractivity contribution in [2.24, 2.45) is 0 Å². The maximum absolute atomic E-state index is 12.2. The molecule has 1 unspecified atom stereocenters. The molecule has 0 radical (unpaired) electrons. The van der Waals surface area contributed by atoms with Crippen LogP contribution < -0.4 is 10.1 Å². The van der Waals surface area contributed by atoms with E-state index in [1.165, 1.54) is 0 Å². The molecule has 0 aliphatic carbocycles. The number of halogens is 2. The number of hydrogen-bond acceptors (Lipinski definition) is 3. The van der Waals surface area contributed by atoms with Gasteiger partial charge < -0.3 is 14.8 Å². The van der Waals surface area contributed by atoms with Crippen LogP contribution in [0.25, 0.3) is 0 Å². The minimum Gasteiger partial charge on any atom is -0.497 e. The van der Waals surface area contributed by atoms with Crippen LogP contribution in [0.5, 0.6) is 5.75 Å². The number of ether oxygens (including phenoxy) is 2. The maximum atomic E-state index is 12.2. The monoisotopic (exact) mass is 393 g/mol. The van der Waals surface area contributed by atoms with Crippen LogP contribution in [0.3, 0.4) is 0 Å². The number of nitrogens with one attached hydrogen (secondary N) is 1. The second-order valence-electron chi connectivity index (χ2n) is 3.95. The van der Waals surface area contributed by atoms with Gasteiger partial charge in [0.2, 0.25) is 0 Å². The van der Waals surface area contributed by atoms with Gasteiger partial charge in [0.1, 0.15) is 5.75 Å². The fourth-order valence-electron chi connectivity index (χ4n) is 1.52. The zero-order valence-corrected chi connectivity index (χ0v) is 14.1. The van der Waals surface area contributed by atoms with E-state index in [2.05, 4.69) is 37.2 Å². The van der Waals surface area contributed by atoms with Crippen LogP contribution in [0.4, 0.5) is 0 Å². The van der Waals surface area contributed by atoms with Crippen LogP contribution in [0, 0.1) is 0 Å². The molecule has 0 aliphatic rings. The Hall–Kier alpha value is -0.590. The number of carbonyl (C=O) groups is 1. The van der Waals surface area contributed by atoms with E-state index in [0.717, 1.165) is 10.9 Å². The van der Waals surface area contributed by atoms with Gasteiger partial charge in [0, 0.05) is 29.6 Å². The van der Waals surface area contributed by atoms with Crippen LogP contribution in [0.1, 0.15) is 16.8 Å². The zero-order chi connectivity index (χ0) is 14.3. The molecule has 6 heteroatoms. The van der Waals surface area contributed by atoms with Crippen molar-refractivity contribution in [3.63, 3.8) is 0 Å². The third kappa shape index (κ3) is 5.12. The summed E-state index contributed by atoms with van der Waals surface area (Å²) in [5.41, 5.74) is 0.558. The fraction of sp³-hybridized carbons (Fsp3) is 0.462. The molecule has 1 amide bonds. The summed E-state index contributed by atoms with van der Waals surface area (Å²) < 4.78 is 10.9. The lowest BCUT2D eigenvalue weighted by Gasteiger charge is -2.16. The van der Waals surface area contributed by atoms with Crippen molar-refractivity contribution in [2.75, 3.05) is 26.2 Å². The lowest BCUT2D eigenvalue weighted by Crippen LogP contribution is -2.37. The number of carbonyl (C=O) groups excluding carboxylic acids is 1. The Labute approximate surface area is 130 Å². The molecule has 0 aromatic heterocycles. The molecule has 1 rings (SSSR count). The maximum Gasteiger partial charge on any atom is 0.252 e. The first-order chi connectivity index (χ1) is 9.12. The molecular formula is C13H17Br2NO3. The molecular weight excluding hydrogens is 378 g/mol. The molecule has 0 saturated carbocycles. The van der Waals surface area contributed by atoms with E-state index >= 15 is 0 Å². The van der Waals surface area contributed by atoms with Crippen molar-refractivity contribution in [3.05, 3.63) is 28.2 Å². The van der Waals surface area contributed by atoms with Gasteiger partial charge in [-0.25, -0.2) is 0 Å². The van der Waals surface area contributed by atoms with Gasteiger partial charge in [0.25, 0.3) is 5.91 Å². The Bertz CT molecular complexity index is 426. The Morgan fingerprint density at radius 3 is 2.74 bits per heavy atom. The summed E-state index contributed by atoms with van der Waals surface area (Å²) in [6.45, 7) is 0.607. The number of alkyl halides is 1. The van der Waals surface area contributed by atoms with E-state index in [4.69, 9.17) is 9.47 Å². The average molecular weight is 395 g/mol. The highest BCUT2D eigenvalue weighted by Gasteiger charge is 2.15. The molecule has 1 aromatic rings. The average Bonchev–Trinajstić information content (AvgIpc) is 2.43. The number of benzene rings is 1. The van der Waals surface area contributed by atoms with E-state index < -0.39 is 0 Å². The summed E-state index contributed by atoms with van der Waals surface area (Å²) in [4.78, 5) is 12.2. The highest BCUT2D eigenvalue weighted by Crippen LogP contribution is 2.22. The van der Waals surface area contributed by atoms with Gasteiger partial charge in [-0.2, -0.15) is 0 Å². The van der Waals surface area contributed by atoms with E-state index in [0.29, 0.717) is 23.2 Å². The summed E-state index contributed by atoms with van der Waals surface area (Å²) >= 11 is 6.76. The predicted molar refractivity (Wildman–Crippen MR) is 82.2 cm³/mol. The molecule has 4 nitrogen and oxygen atoms in total. The lowest BCUT2D eigenvalue weighted by atomic mass is 10.1. The lowest BCUT2D eigenvalue weighted by molar-refractivity contribution is 0.0929. The van der Waals surface area contributed by atoms with Crippen molar-refractivity contribution in [1.29, 1.82) is 0 Å². The highest BCUT2D eigenvalue weighted by molar-refractivity contribution is 9.10. The molecule has 1 N–H and O–H groups in total. The van der Waals surface area contributed by atoms with Crippen LogP contribution in [0.15, 0.2) is 22.7 Å². The Kier molecular flexibility index (Phi) is 7.41. The molecule has 1 atom stereocenters. The van der Waals surface area contributed by atoms with Crippen molar-refractivity contribution < 1.29 is 14.3 Å². The van der Waals surface area contributed by atoms with Crippen LogP contribution in [0.2, 0.25) is 0 Å². The van der Waals surface area contributed by atoms with Gasteiger partial charge in [0.05, 0.1) is 12.7 Å². The standard InChI is InChI=1S/C13H17Br2NO3/c1-18-6-5-9(8-14)16-13(17)11-7-10(19-2)3-4-12(11)15/h3-4,7,9H,5-6,8H2,1-2H3,(H,16,17). The van der Waals surface area contributed by atoms with Crippen molar-refractivity contribution in [2.45, 2.75) is 12.5 Å². The summed E-state index contributed by atoms with van der Waals surface area (Å²) in [7, 11) is 3.22. The van der Waals surface area contributed by atoms with E-state index in [1.807, 2.05) is 0 Å². The summed E-state index contributed by atoms with van der Waals surface area (Å²) in [5.74, 6) is 0.520. The van der Waals surface area contributed by atoms with Crippen LogP contribution >= 0.6 is 31.9 Å². The molecule has 106 valence electrons. The molecule has 0 bridgehead atoms. The van der Waals surface area contributed by atoms with Gasteiger partial charge in [0.15, 0.2) is 0 Å². The van der Waals surface area contributed by atoms with Crippen LogP contribution in [-0.4, -0.2) is 38.1 Å². The second-order valence-corrected chi connectivity index (χ2v) is 5.45. The fourth-order valence-corrected chi connectivity index (χ4v) is 2.43. The predicted octanol–water partition coefficient (Wildman–Crippen LogP) is 2.99. The van der Waals surface area contributed by atoms with Crippen molar-refractivity contribution >= 4 is 37.8 Å². The van der Waals surface area contributed by atoms with Gasteiger partial charge >= 0.3 is 0 Å². The van der Waals surface area contributed by atoms with Gasteiger partial charge in [-0.1, -0.05) is 15.9 Å². The van der Waals surface area contributed by atoms with Gasteiger partial charge in [-0.3, -0.25) is 4.79 Å². The summed E-state index contributed by atoms with van der Waals surface area (Å²) in [6.07, 6.45) is 0.759. The molecule has 0 spiro atoms. The number of amides is 1. The van der Waals surface area contributed by atoms with E-state index in [-0.39, 0.29) is 11.9 Å². The number of methoxy groups -OCH3 is 2. The Balaban J connectivity index is 2.76. The smallest absolute Gasteiger partial charge is 0.252 e. The molecule has 0 saturated heterocycles. The minimum absolute atomic E-state index is 0.0329. The molecule has 0 fully saturated rings. The summed E-state index contributed by atoms with van der Waals surface area (Å²) in [6, 6.07) is 5.34. The second kappa shape index (κ2) is 8.55. The van der Waals surface area contributed by atoms with Crippen LogP contribution in [-0.2, 0) is 4.74 Å². The van der Waals surface area contributed by atoms with E-state index in [1.54, 1.807) is 32.4 Å². The molecule has 19 heavy (non-hydrogen) atoms. The topological polar surface area (TPSA) is 47.6 Å². The Morgan fingerprint density at radius 2 is 2.16 bits per heavy atom. The van der Waals surface area contributed by atoms with E-state index in [9.17, 15) is 4.79 Å². The SMILES string of the molecule is COCCC(CBr)NC(=O)c1cc(OC)ccc1Br. The summed E-state index contributed by atoms with van der Waals surface area (Å²) in [5, 5.41) is 3.64. The molecule has 0 aliphatic heterocycles.